The molecule has 0 N–H and O–H groups in total. The molecule has 2 aliphatic carbocycles. The number of nitrogens with zero attached hydrogens (tertiary/aromatic N) is 6. The van der Waals surface area contributed by atoms with Crippen LogP contribution in [0.3, 0.4) is 0 Å². The molecule has 252 valence electrons. The fourth-order valence-electron chi connectivity index (χ4n) is 7.23. The molecule has 2 atom stereocenters. The van der Waals surface area contributed by atoms with Gasteiger partial charge in [0.25, 0.3) is 10.0 Å². The number of allylic oxidation sites excluding steroid dienone is 1. The van der Waals surface area contributed by atoms with Gasteiger partial charge >= 0.3 is 0 Å². The van der Waals surface area contributed by atoms with Crippen LogP contribution < -0.4 is 4.74 Å². The smallest absolute Gasteiger partial charge is 0.262 e. The van der Waals surface area contributed by atoms with Gasteiger partial charge in [-0.1, -0.05) is 11.6 Å². The van der Waals surface area contributed by atoms with Crippen LogP contribution in [0.1, 0.15) is 57.7 Å². The van der Waals surface area contributed by atoms with E-state index in [0.717, 1.165) is 33.5 Å². The average molecular weight is 681 g/mol. The summed E-state index contributed by atoms with van der Waals surface area (Å²) in [4.78, 5) is 19.3. The van der Waals surface area contributed by atoms with E-state index < -0.39 is 21.5 Å². The Labute approximate surface area is 284 Å². The van der Waals surface area contributed by atoms with Gasteiger partial charge < -0.3 is 4.74 Å². The number of sulfonamides is 1. The lowest BCUT2D eigenvalue weighted by atomic mass is 9.60. The fourth-order valence-corrected chi connectivity index (χ4v) is 8.81. The molecule has 0 radical (unpaired) electrons. The number of fused-ring (bicyclic) bond motifs is 2. The molecule has 0 aliphatic heterocycles. The summed E-state index contributed by atoms with van der Waals surface area (Å²) in [5, 5.41) is 8.89. The summed E-state index contributed by atoms with van der Waals surface area (Å²) in [6, 6.07) is 16.3. The highest BCUT2D eigenvalue weighted by Crippen LogP contribution is 2.51. The number of hydrogen-bond donors (Lipinski definition) is 0. The lowest BCUT2D eigenvalue weighted by Crippen LogP contribution is -2.50. The van der Waals surface area contributed by atoms with Crippen molar-refractivity contribution in [1.82, 2.24) is 28.9 Å². The Hall–Kier alpha value is -4.94. The molecule has 7 rings (SSSR count). The third-order valence-electron chi connectivity index (χ3n) is 9.83. The molecule has 1 saturated carbocycles. The van der Waals surface area contributed by atoms with E-state index in [4.69, 9.17) is 4.74 Å². The van der Waals surface area contributed by atoms with Gasteiger partial charge in [-0.3, -0.25) is 14.5 Å². The van der Waals surface area contributed by atoms with Crippen molar-refractivity contribution in [3.63, 3.8) is 0 Å². The maximum Gasteiger partial charge on any atom is 0.262 e. The molecule has 0 amide bonds. The van der Waals surface area contributed by atoms with Crippen molar-refractivity contribution in [3.05, 3.63) is 124 Å². The molecule has 0 spiro atoms. The van der Waals surface area contributed by atoms with Gasteiger partial charge in [-0.2, -0.15) is 14.5 Å². The zero-order chi connectivity index (χ0) is 34.5. The summed E-state index contributed by atoms with van der Waals surface area (Å²) in [6.45, 7) is 3.95. The predicted octanol–water partition coefficient (Wildman–Crippen LogP) is 6.02. The van der Waals surface area contributed by atoms with Crippen LogP contribution in [0.5, 0.6) is 5.75 Å². The van der Waals surface area contributed by atoms with Crippen molar-refractivity contribution in [1.29, 1.82) is 0 Å². The molecule has 0 unspecified atom stereocenters. The minimum atomic E-state index is -4.09. The van der Waals surface area contributed by atoms with Gasteiger partial charge in [0, 0.05) is 32.0 Å². The molecular formula is C37H37FN6O4S. The van der Waals surface area contributed by atoms with E-state index in [9.17, 15) is 17.6 Å². The average Bonchev–Trinajstić information content (AvgIpc) is 3.72. The second kappa shape index (κ2) is 12.5. The van der Waals surface area contributed by atoms with Crippen LogP contribution in [-0.2, 0) is 30.0 Å². The van der Waals surface area contributed by atoms with E-state index in [2.05, 4.69) is 15.2 Å². The molecule has 12 heteroatoms. The van der Waals surface area contributed by atoms with E-state index in [0.29, 0.717) is 36.4 Å². The van der Waals surface area contributed by atoms with Gasteiger partial charge in [0.1, 0.15) is 17.3 Å². The maximum atomic E-state index is 14.8. The number of methoxy groups -OCH3 is 1. The van der Waals surface area contributed by atoms with E-state index >= 15 is 0 Å². The first-order valence-electron chi connectivity index (χ1n) is 16.1. The summed E-state index contributed by atoms with van der Waals surface area (Å²) in [5.41, 5.74) is 5.18. The largest absolute Gasteiger partial charge is 0.497 e. The molecule has 0 saturated heterocycles. The van der Waals surface area contributed by atoms with Gasteiger partial charge in [-0.15, -0.1) is 0 Å². The van der Waals surface area contributed by atoms with Crippen molar-refractivity contribution in [2.45, 2.75) is 57.1 Å². The third kappa shape index (κ3) is 5.89. The topological polar surface area (TPSA) is 112 Å². The monoisotopic (exact) mass is 680 g/mol. The molecule has 2 aliphatic rings. The number of carbonyl (C=O) groups is 1. The summed E-state index contributed by atoms with van der Waals surface area (Å²) in [5.74, 6) is 0.192. The van der Waals surface area contributed by atoms with Crippen LogP contribution in [0.15, 0.2) is 89.9 Å². The summed E-state index contributed by atoms with van der Waals surface area (Å²) < 4.78 is 52.9. The van der Waals surface area contributed by atoms with Gasteiger partial charge in [-0.05, 0) is 122 Å². The number of ketones is 1. The van der Waals surface area contributed by atoms with Gasteiger partial charge in [0.15, 0.2) is 10.8 Å². The zero-order valence-electron chi connectivity index (χ0n) is 27.8. The highest BCUT2D eigenvalue weighted by atomic mass is 32.2. The van der Waals surface area contributed by atoms with E-state index in [-0.39, 0.29) is 29.6 Å². The van der Waals surface area contributed by atoms with Crippen molar-refractivity contribution < 1.29 is 22.3 Å². The third-order valence-corrected chi connectivity index (χ3v) is 11.6. The standard InChI is InChI=1S/C37H37FN6O4S/c1-24-13-15-39-33(17-24)36(45)37-20-27-22-40-44(30-10-7-29(38)8-11-30)34(27)19-28(37)6-9-31(21-37)43(49(46,47)35-14-16-42(3)41-35)23-26-5-12-32(48-4)18-25(26)2/h5,7-8,10-19,22,31H,6,9,20-21,23H2,1-4H3/t31-,37-/m0/s1. The minimum absolute atomic E-state index is 0.0465. The first kappa shape index (κ1) is 32.6. The highest BCUT2D eigenvalue weighted by molar-refractivity contribution is 7.89. The minimum Gasteiger partial charge on any atom is -0.497 e. The van der Waals surface area contributed by atoms with Gasteiger partial charge in [0.05, 0.1) is 30.1 Å². The summed E-state index contributed by atoms with van der Waals surface area (Å²) in [7, 11) is -0.813. The Balaban J connectivity index is 1.34. The highest BCUT2D eigenvalue weighted by Gasteiger charge is 2.52. The number of aromatic nitrogens is 5. The van der Waals surface area contributed by atoms with Crippen molar-refractivity contribution in [2.24, 2.45) is 12.5 Å². The Kier molecular flexibility index (Phi) is 8.32. The van der Waals surface area contributed by atoms with Gasteiger partial charge in [0.2, 0.25) is 0 Å². The normalized spacial score (nSPS) is 18.9. The molecule has 3 aromatic heterocycles. The number of pyridine rings is 1. The van der Waals surface area contributed by atoms with E-state index in [1.807, 2.05) is 44.2 Å². The first-order chi connectivity index (χ1) is 23.5. The molecule has 2 aromatic carbocycles. The molecule has 5 aromatic rings. The Morgan fingerprint density at radius 1 is 1.10 bits per heavy atom. The number of rotatable bonds is 9. The van der Waals surface area contributed by atoms with Crippen LogP contribution in [0.4, 0.5) is 4.39 Å². The molecule has 1 fully saturated rings. The summed E-state index contributed by atoms with van der Waals surface area (Å²) >= 11 is 0. The molecule has 3 heterocycles. The van der Waals surface area contributed by atoms with Crippen LogP contribution in [0.2, 0.25) is 0 Å². The SMILES string of the molecule is COc1ccc(CN([C@H]2CCC3=Cc4c(cnn4-c4ccc(F)cc4)C[C@]3(C(=O)c3cc(C)ccn3)C2)S(=O)(=O)c2ccn(C)n2)c(C)c1. The maximum absolute atomic E-state index is 14.8. The number of benzene rings is 2. The number of aryl methyl sites for hydroxylation is 3. The Morgan fingerprint density at radius 3 is 2.59 bits per heavy atom. The number of halogens is 1. The van der Waals surface area contributed by atoms with Crippen molar-refractivity contribution in [3.8, 4) is 11.4 Å². The lowest BCUT2D eigenvalue weighted by molar-refractivity contribution is 0.0733. The van der Waals surface area contributed by atoms with Crippen molar-refractivity contribution >= 4 is 21.9 Å². The molecule has 49 heavy (non-hydrogen) atoms. The zero-order valence-corrected chi connectivity index (χ0v) is 28.6. The molecule has 0 bridgehead atoms. The van der Waals surface area contributed by atoms with Gasteiger partial charge in [-0.25, -0.2) is 17.5 Å². The second-order valence-electron chi connectivity index (χ2n) is 13.0. The number of Topliss-reactive ketones (excluding diaryl/α,β-unsaturated/α-hetero) is 1. The second-order valence-corrected chi connectivity index (χ2v) is 14.8. The van der Waals surface area contributed by atoms with Crippen LogP contribution in [0.25, 0.3) is 11.8 Å². The van der Waals surface area contributed by atoms with Crippen LogP contribution >= 0.6 is 0 Å². The molecular weight excluding hydrogens is 644 g/mol. The van der Waals surface area contributed by atoms with E-state index in [1.54, 1.807) is 55.6 Å². The van der Waals surface area contributed by atoms with Crippen molar-refractivity contribution in [2.75, 3.05) is 7.11 Å². The van der Waals surface area contributed by atoms with E-state index in [1.165, 1.54) is 27.2 Å². The van der Waals surface area contributed by atoms with Crippen LogP contribution in [0, 0.1) is 25.1 Å². The number of ether oxygens (including phenoxy) is 1. The fraction of sp³-hybridized carbons (Fsp3) is 0.297. The predicted molar refractivity (Wildman–Crippen MR) is 182 cm³/mol. The lowest BCUT2D eigenvalue weighted by Gasteiger charge is -2.46. The Bertz CT molecular complexity index is 2210. The van der Waals surface area contributed by atoms with Crippen LogP contribution in [-0.4, -0.2) is 56.2 Å². The number of carbonyl (C=O) groups excluding carboxylic acids is 1. The first-order valence-corrected chi connectivity index (χ1v) is 17.6. The Morgan fingerprint density at radius 2 is 1.90 bits per heavy atom. The number of hydrogen-bond acceptors (Lipinski definition) is 7. The summed E-state index contributed by atoms with van der Waals surface area (Å²) in [6.07, 6.45) is 8.54. The molecule has 10 nitrogen and oxygen atoms in total. The quantitative estimate of drug-likeness (QED) is 0.175.